The predicted molar refractivity (Wildman–Crippen MR) is 46.6 cm³/mol. The Bertz CT molecular complexity index is 104. The summed E-state index contributed by atoms with van der Waals surface area (Å²) in [5.41, 5.74) is 0. The third-order valence-electron chi connectivity index (χ3n) is 1.59. The highest BCUT2D eigenvalue weighted by Gasteiger charge is 2.00. The fraction of sp³-hybridized carbons (Fsp3) is 0.889. The van der Waals surface area contributed by atoms with Gasteiger partial charge in [0, 0.05) is 13.0 Å². The van der Waals surface area contributed by atoms with E-state index in [0.717, 1.165) is 25.9 Å². The van der Waals surface area contributed by atoms with Gasteiger partial charge in [-0.05, 0) is 13.3 Å². The highest BCUT2D eigenvalue weighted by Crippen LogP contribution is 1.99. The molecule has 0 fully saturated rings. The van der Waals surface area contributed by atoms with E-state index < -0.39 is 0 Å². The zero-order chi connectivity index (χ0) is 9.23. The number of unbranched alkanes of at least 4 members (excludes halogenated alkanes) is 1. The van der Waals surface area contributed by atoms with E-state index in [9.17, 15) is 4.79 Å². The van der Waals surface area contributed by atoms with Gasteiger partial charge in [-0.25, -0.2) is 4.79 Å². The van der Waals surface area contributed by atoms with Crippen LogP contribution in [0.15, 0.2) is 0 Å². The van der Waals surface area contributed by atoms with Crippen molar-refractivity contribution in [3.63, 3.8) is 0 Å². The highest BCUT2D eigenvalue weighted by molar-refractivity contribution is 5.37. The lowest BCUT2D eigenvalue weighted by Gasteiger charge is -2.11. The first-order valence-corrected chi connectivity index (χ1v) is 4.41. The smallest absolute Gasteiger partial charge is 0.417 e. The van der Waals surface area contributed by atoms with E-state index in [1.807, 2.05) is 6.92 Å². The average molecular weight is 173 g/mol. The lowest BCUT2D eigenvalue weighted by atomic mass is 10.3. The summed E-state index contributed by atoms with van der Waals surface area (Å²) in [6.45, 7) is 6.68. The van der Waals surface area contributed by atoms with E-state index in [2.05, 4.69) is 11.7 Å². The summed E-state index contributed by atoms with van der Waals surface area (Å²) in [4.78, 5) is 9.66. The van der Waals surface area contributed by atoms with Gasteiger partial charge in [-0.3, -0.25) is 0 Å². The molecule has 71 valence electrons. The third kappa shape index (κ3) is 7.54. The van der Waals surface area contributed by atoms with Crippen molar-refractivity contribution in [2.24, 2.45) is 0 Å². The van der Waals surface area contributed by atoms with Crippen molar-refractivity contribution in [3.8, 4) is 0 Å². The maximum atomic E-state index is 9.66. The second-order valence-corrected chi connectivity index (χ2v) is 2.76. The summed E-state index contributed by atoms with van der Waals surface area (Å²) in [5, 5.41) is 0. The molecule has 12 heavy (non-hydrogen) atoms. The van der Waals surface area contributed by atoms with Crippen molar-refractivity contribution < 1.29 is 14.3 Å². The van der Waals surface area contributed by atoms with Gasteiger partial charge in [-0.1, -0.05) is 13.3 Å². The molecule has 0 aliphatic rings. The Balaban J connectivity index is 3.09. The van der Waals surface area contributed by atoms with Crippen molar-refractivity contribution in [1.29, 1.82) is 0 Å². The van der Waals surface area contributed by atoms with Crippen LogP contribution in [-0.4, -0.2) is 25.8 Å². The molecule has 0 aromatic heterocycles. The molecule has 0 heterocycles. The minimum Gasteiger partial charge on any atom is -0.457 e. The summed E-state index contributed by atoms with van der Waals surface area (Å²) in [6.07, 6.45) is 3.15. The maximum Gasteiger partial charge on any atom is 0.417 e. The molecule has 0 saturated carbocycles. The number of carbonyl (C=O) groups excluding carboxylic acids is 1. The lowest BCUT2D eigenvalue weighted by molar-refractivity contribution is 0.0473. The standard InChI is InChI=1S/C9H17O3/c1-3-4-6-12-9(2)5-7-11-8-10/h9H,3-7H2,1-2H3. The van der Waals surface area contributed by atoms with Gasteiger partial charge < -0.3 is 9.47 Å². The Hall–Kier alpha value is -0.570. The van der Waals surface area contributed by atoms with Crippen molar-refractivity contribution in [2.75, 3.05) is 13.2 Å². The van der Waals surface area contributed by atoms with E-state index in [1.54, 1.807) is 0 Å². The molecule has 1 unspecified atom stereocenters. The minimum atomic E-state index is 0.171. The largest absolute Gasteiger partial charge is 0.457 e. The molecule has 0 amide bonds. The van der Waals surface area contributed by atoms with Crippen molar-refractivity contribution in [1.82, 2.24) is 0 Å². The van der Waals surface area contributed by atoms with Crippen LogP contribution in [0.2, 0.25) is 0 Å². The van der Waals surface area contributed by atoms with E-state index in [1.165, 1.54) is 6.47 Å². The fourth-order valence-corrected chi connectivity index (χ4v) is 0.779. The normalized spacial score (nSPS) is 12.5. The van der Waals surface area contributed by atoms with Crippen LogP contribution in [0.25, 0.3) is 0 Å². The van der Waals surface area contributed by atoms with Gasteiger partial charge in [0.2, 0.25) is 0 Å². The molecule has 0 aliphatic carbocycles. The second-order valence-electron chi connectivity index (χ2n) is 2.76. The Morgan fingerprint density at radius 2 is 2.17 bits per heavy atom. The van der Waals surface area contributed by atoms with Crippen LogP contribution in [-0.2, 0) is 14.3 Å². The van der Waals surface area contributed by atoms with E-state index in [4.69, 9.17) is 4.74 Å². The zero-order valence-electron chi connectivity index (χ0n) is 7.84. The van der Waals surface area contributed by atoms with Gasteiger partial charge in [-0.2, -0.15) is 0 Å². The molecule has 0 aromatic carbocycles. The van der Waals surface area contributed by atoms with Gasteiger partial charge in [0.15, 0.2) is 0 Å². The highest BCUT2D eigenvalue weighted by atomic mass is 16.5. The molecule has 0 aromatic rings. The number of rotatable bonds is 8. The van der Waals surface area contributed by atoms with E-state index in [0.29, 0.717) is 6.61 Å². The Morgan fingerprint density at radius 1 is 1.42 bits per heavy atom. The van der Waals surface area contributed by atoms with Gasteiger partial charge in [0.25, 0.3) is 0 Å². The first-order valence-electron chi connectivity index (χ1n) is 4.41. The molecular weight excluding hydrogens is 156 g/mol. The lowest BCUT2D eigenvalue weighted by Crippen LogP contribution is -2.12. The molecule has 0 rings (SSSR count). The minimum absolute atomic E-state index is 0.171. The summed E-state index contributed by atoms with van der Waals surface area (Å²) in [6, 6.07) is 0. The maximum absolute atomic E-state index is 9.66. The molecule has 0 bridgehead atoms. The van der Waals surface area contributed by atoms with Crippen LogP contribution >= 0.6 is 0 Å². The predicted octanol–water partition coefficient (Wildman–Crippen LogP) is 1.67. The topological polar surface area (TPSA) is 35.5 Å². The monoisotopic (exact) mass is 173 g/mol. The molecule has 1 radical (unpaired) electrons. The Morgan fingerprint density at radius 3 is 2.75 bits per heavy atom. The SMILES string of the molecule is CCCCOC(C)CCO[C]=O. The van der Waals surface area contributed by atoms with Crippen molar-refractivity contribution in [2.45, 2.75) is 39.2 Å². The van der Waals surface area contributed by atoms with Crippen LogP contribution in [0.1, 0.15) is 33.1 Å². The van der Waals surface area contributed by atoms with Crippen LogP contribution in [0, 0.1) is 0 Å². The Kier molecular flexibility index (Phi) is 8.12. The quantitative estimate of drug-likeness (QED) is 0.524. The van der Waals surface area contributed by atoms with Crippen LogP contribution in [0.5, 0.6) is 0 Å². The number of hydrogen-bond acceptors (Lipinski definition) is 3. The molecular formula is C9H17O3. The molecule has 1 atom stereocenters. The van der Waals surface area contributed by atoms with Gasteiger partial charge in [-0.15, -0.1) is 0 Å². The van der Waals surface area contributed by atoms with Gasteiger partial charge in [0.05, 0.1) is 12.7 Å². The number of ether oxygens (including phenoxy) is 2. The molecule has 0 spiro atoms. The van der Waals surface area contributed by atoms with E-state index in [-0.39, 0.29) is 6.10 Å². The summed E-state index contributed by atoms with van der Waals surface area (Å²) < 4.78 is 9.84. The third-order valence-corrected chi connectivity index (χ3v) is 1.59. The first-order chi connectivity index (χ1) is 5.81. The molecule has 3 nitrogen and oxygen atoms in total. The first kappa shape index (κ1) is 11.4. The van der Waals surface area contributed by atoms with Crippen molar-refractivity contribution >= 4 is 6.47 Å². The summed E-state index contributed by atoms with van der Waals surface area (Å²) in [7, 11) is 0. The van der Waals surface area contributed by atoms with Crippen LogP contribution in [0.4, 0.5) is 0 Å². The second kappa shape index (κ2) is 8.53. The number of hydrogen-bond donors (Lipinski definition) is 0. The van der Waals surface area contributed by atoms with E-state index >= 15 is 0 Å². The molecule has 0 N–H and O–H groups in total. The molecule has 0 saturated heterocycles. The fourth-order valence-electron chi connectivity index (χ4n) is 0.779. The average Bonchev–Trinajstić information content (AvgIpc) is 2.06. The van der Waals surface area contributed by atoms with Gasteiger partial charge >= 0.3 is 6.47 Å². The zero-order valence-corrected chi connectivity index (χ0v) is 7.84. The van der Waals surface area contributed by atoms with Crippen LogP contribution in [0.3, 0.4) is 0 Å². The summed E-state index contributed by atoms with van der Waals surface area (Å²) in [5.74, 6) is 0. The summed E-state index contributed by atoms with van der Waals surface area (Å²) >= 11 is 0. The van der Waals surface area contributed by atoms with Crippen molar-refractivity contribution in [3.05, 3.63) is 0 Å². The molecule has 3 heteroatoms. The van der Waals surface area contributed by atoms with Crippen LogP contribution < -0.4 is 0 Å². The molecule has 0 aliphatic heterocycles. The van der Waals surface area contributed by atoms with Gasteiger partial charge in [0.1, 0.15) is 0 Å². The Labute approximate surface area is 74.0 Å².